The molecule has 1 aliphatic rings. The molecule has 2 aromatic heterocycles. The molecule has 3 heterocycles. The number of hydrogen-bond acceptors (Lipinski definition) is 12. The maximum absolute atomic E-state index is 12.5. The Kier molecular flexibility index (Phi) is 8.98. The number of nitrogens with one attached hydrogen (secondary N) is 1. The summed E-state index contributed by atoms with van der Waals surface area (Å²) in [6.45, 7) is 4.84. The topological polar surface area (TPSA) is 138 Å². The van der Waals surface area contributed by atoms with Gasteiger partial charge in [-0.1, -0.05) is 11.3 Å². The van der Waals surface area contributed by atoms with Crippen LogP contribution in [0.3, 0.4) is 0 Å². The Hall–Kier alpha value is -4.49. The number of thiazole rings is 1. The Balaban J connectivity index is 1.39. The van der Waals surface area contributed by atoms with Gasteiger partial charge in [-0.3, -0.25) is 4.79 Å². The fourth-order valence-corrected chi connectivity index (χ4v) is 5.25. The molecule has 5 rings (SSSR count). The standard InChI is InChI=1S/C29H31N5O7S/c1-5-38-28(36)25-24(16-37-4)31-29(42-25)30-20-12-22(39-15-19-10-11-34(3)27(19)35)14-23(13-20)41-21-8-6-18(7-9-21)26-33-32-17(2)40-26/h6-9,12-14,19H,5,10-11,15-16H2,1-4H3,(H,30,31). The van der Waals surface area contributed by atoms with E-state index in [-0.39, 0.29) is 31.6 Å². The molecule has 1 fully saturated rings. The van der Waals surface area contributed by atoms with Crippen molar-refractivity contribution in [1.29, 1.82) is 0 Å². The molecule has 0 spiro atoms. The van der Waals surface area contributed by atoms with Crippen LogP contribution < -0.4 is 14.8 Å². The zero-order valence-electron chi connectivity index (χ0n) is 23.7. The van der Waals surface area contributed by atoms with Gasteiger partial charge in [0, 0.05) is 57.1 Å². The molecule has 2 aromatic carbocycles. The number of esters is 1. The van der Waals surface area contributed by atoms with E-state index in [1.807, 2.05) is 12.1 Å². The van der Waals surface area contributed by atoms with Gasteiger partial charge in [-0.15, -0.1) is 10.2 Å². The summed E-state index contributed by atoms with van der Waals surface area (Å²) in [6.07, 6.45) is 0.737. The number of likely N-dealkylation sites (tertiary alicyclic amines) is 1. The van der Waals surface area contributed by atoms with Crippen LogP contribution in [0.2, 0.25) is 0 Å². The van der Waals surface area contributed by atoms with Crippen molar-refractivity contribution in [3.63, 3.8) is 0 Å². The number of aryl methyl sites for hydroxylation is 1. The fourth-order valence-electron chi connectivity index (χ4n) is 4.37. The molecule has 1 atom stereocenters. The number of aromatic nitrogens is 3. The molecule has 1 saturated heterocycles. The first kappa shape index (κ1) is 29.0. The van der Waals surface area contributed by atoms with Gasteiger partial charge >= 0.3 is 5.97 Å². The van der Waals surface area contributed by atoms with Crippen molar-refractivity contribution in [1.82, 2.24) is 20.1 Å². The summed E-state index contributed by atoms with van der Waals surface area (Å²) >= 11 is 1.17. The average Bonchev–Trinajstić information content (AvgIpc) is 3.67. The van der Waals surface area contributed by atoms with Crippen molar-refractivity contribution in [2.24, 2.45) is 5.92 Å². The molecular formula is C29H31N5O7S. The highest BCUT2D eigenvalue weighted by molar-refractivity contribution is 7.17. The number of methoxy groups -OCH3 is 1. The van der Waals surface area contributed by atoms with Crippen LogP contribution in [0.15, 0.2) is 46.9 Å². The molecular weight excluding hydrogens is 562 g/mol. The highest BCUT2D eigenvalue weighted by Gasteiger charge is 2.29. The molecule has 13 heteroatoms. The maximum atomic E-state index is 12.5. The smallest absolute Gasteiger partial charge is 0.350 e. The van der Waals surface area contributed by atoms with E-state index in [1.165, 1.54) is 18.4 Å². The van der Waals surface area contributed by atoms with E-state index in [1.54, 1.807) is 56.1 Å². The molecule has 42 heavy (non-hydrogen) atoms. The Labute approximate surface area is 246 Å². The van der Waals surface area contributed by atoms with Crippen LogP contribution in [0, 0.1) is 12.8 Å². The van der Waals surface area contributed by atoms with E-state index in [4.69, 9.17) is 23.4 Å². The molecule has 0 radical (unpaired) electrons. The minimum absolute atomic E-state index is 0.0669. The van der Waals surface area contributed by atoms with Crippen molar-refractivity contribution in [2.75, 3.05) is 39.2 Å². The van der Waals surface area contributed by atoms with E-state index in [0.29, 0.717) is 57.0 Å². The Morgan fingerprint density at radius 2 is 1.93 bits per heavy atom. The SMILES string of the molecule is CCOC(=O)c1sc(Nc2cc(OCC3CCN(C)C3=O)cc(Oc3ccc(-c4nnc(C)o4)cc3)c2)nc1COC. The lowest BCUT2D eigenvalue weighted by Crippen LogP contribution is -2.25. The predicted octanol–water partition coefficient (Wildman–Crippen LogP) is 5.22. The Morgan fingerprint density at radius 3 is 2.60 bits per heavy atom. The summed E-state index contributed by atoms with van der Waals surface area (Å²) in [7, 11) is 3.33. The first-order chi connectivity index (χ1) is 20.3. The van der Waals surface area contributed by atoms with Crippen LogP contribution in [0.1, 0.15) is 34.6 Å². The number of nitrogens with zero attached hydrogens (tertiary/aromatic N) is 4. The normalized spacial score (nSPS) is 14.7. The molecule has 12 nitrogen and oxygen atoms in total. The number of rotatable bonds is 12. The third-order valence-electron chi connectivity index (χ3n) is 6.42. The lowest BCUT2D eigenvalue weighted by Gasteiger charge is -2.15. The average molecular weight is 594 g/mol. The molecule has 0 bridgehead atoms. The molecule has 0 saturated carbocycles. The quantitative estimate of drug-likeness (QED) is 0.216. The lowest BCUT2D eigenvalue weighted by atomic mass is 10.1. The van der Waals surface area contributed by atoms with Crippen LogP contribution in [-0.2, 0) is 20.9 Å². The van der Waals surface area contributed by atoms with Gasteiger partial charge in [0.15, 0.2) is 5.13 Å². The second-order valence-corrected chi connectivity index (χ2v) is 10.6. The third-order valence-corrected chi connectivity index (χ3v) is 7.42. The number of hydrogen-bond donors (Lipinski definition) is 1. The fraction of sp³-hybridized carbons (Fsp3) is 0.345. The zero-order valence-corrected chi connectivity index (χ0v) is 24.5. The van der Waals surface area contributed by atoms with Gasteiger partial charge in [0.05, 0.1) is 31.4 Å². The molecule has 220 valence electrons. The van der Waals surface area contributed by atoms with E-state index in [2.05, 4.69) is 20.5 Å². The molecule has 1 N–H and O–H groups in total. The first-order valence-electron chi connectivity index (χ1n) is 13.4. The van der Waals surface area contributed by atoms with Crippen molar-refractivity contribution in [3.05, 3.63) is 58.9 Å². The second-order valence-electron chi connectivity index (χ2n) is 9.58. The monoisotopic (exact) mass is 593 g/mol. The minimum Gasteiger partial charge on any atom is -0.493 e. The van der Waals surface area contributed by atoms with Crippen LogP contribution in [0.5, 0.6) is 17.2 Å². The number of ether oxygens (including phenoxy) is 4. The second kappa shape index (κ2) is 13.0. The number of carbonyl (C=O) groups excluding carboxylic acids is 2. The lowest BCUT2D eigenvalue weighted by molar-refractivity contribution is -0.130. The van der Waals surface area contributed by atoms with E-state index >= 15 is 0 Å². The van der Waals surface area contributed by atoms with Crippen molar-refractivity contribution >= 4 is 34.0 Å². The molecule has 1 unspecified atom stereocenters. The largest absolute Gasteiger partial charge is 0.493 e. The van der Waals surface area contributed by atoms with Crippen molar-refractivity contribution in [3.8, 4) is 28.7 Å². The predicted molar refractivity (Wildman–Crippen MR) is 154 cm³/mol. The molecule has 1 aliphatic heterocycles. The van der Waals surface area contributed by atoms with Crippen LogP contribution in [-0.4, -0.2) is 65.9 Å². The maximum Gasteiger partial charge on any atom is 0.350 e. The minimum atomic E-state index is -0.457. The van der Waals surface area contributed by atoms with Gasteiger partial charge in [-0.25, -0.2) is 9.78 Å². The molecule has 1 amide bonds. The van der Waals surface area contributed by atoms with Gasteiger partial charge < -0.3 is 33.6 Å². The van der Waals surface area contributed by atoms with Crippen molar-refractivity contribution < 1.29 is 33.0 Å². The number of amides is 1. The summed E-state index contributed by atoms with van der Waals surface area (Å²) in [6, 6.07) is 12.6. The Bertz CT molecular complexity index is 1550. The van der Waals surface area contributed by atoms with Gasteiger partial charge in [-0.2, -0.15) is 0 Å². The van der Waals surface area contributed by atoms with Gasteiger partial charge in [0.1, 0.15) is 22.1 Å². The number of carbonyl (C=O) groups is 2. The van der Waals surface area contributed by atoms with E-state index in [9.17, 15) is 9.59 Å². The summed E-state index contributed by atoms with van der Waals surface area (Å²) in [5.41, 5.74) is 1.86. The number of benzene rings is 2. The van der Waals surface area contributed by atoms with Crippen LogP contribution in [0.25, 0.3) is 11.5 Å². The Morgan fingerprint density at radius 1 is 1.14 bits per heavy atom. The van der Waals surface area contributed by atoms with E-state index in [0.717, 1.165) is 12.0 Å². The van der Waals surface area contributed by atoms with E-state index < -0.39 is 5.97 Å². The van der Waals surface area contributed by atoms with Gasteiger partial charge in [-0.05, 0) is 37.6 Å². The molecule has 4 aromatic rings. The summed E-state index contributed by atoms with van der Waals surface area (Å²) < 4.78 is 28.1. The first-order valence-corrected chi connectivity index (χ1v) is 14.2. The highest BCUT2D eigenvalue weighted by atomic mass is 32.1. The highest BCUT2D eigenvalue weighted by Crippen LogP contribution is 2.34. The zero-order chi connectivity index (χ0) is 29.6. The number of anilines is 2. The molecule has 0 aliphatic carbocycles. The summed E-state index contributed by atoms with van der Waals surface area (Å²) in [5, 5.41) is 11.6. The third kappa shape index (κ3) is 6.86. The summed E-state index contributed by atoms with van der Waals surface area (Å²) in [4.78, 5) is 31.5. The summed E-state index contributed by atoms with van der Waals surface area (Å²) in [5.74, 6) is 1.88. The van der Waals surface area contributed by atoms with Crippen LogP contribution >= 0.6 is 11.3 Å². The van der Waals surface area contributed by atoms with Gasteiger partial charge in [0.25, 0.3) is 0 Å². The van der Waals surface area contributed by atoms with Crippen LogP contribution in [0.4, 0.5) is 10.8 Å². The van der Waals surface area contributed by atoms with Gasteiger partial charge in [0.2, 0.25) is 17.7 Å². The van der Waals surface area contributed by atoms with Crippen molar-refractivity contribution in [2.45, 2.75) is 26.9 Å².